The topological polar surface area (TPSA) is 61.8 Å². The van der Waals surface area contributed by atoms with Gasteiger partial charge in [0.05, 0.1) is 13.2 Å². The second-order valence-electron chi connectivity index (χ2n) is 4.58. The molecule has 0 saturated heterocycles. The summed E-state index contributed by atoms with van der Waals surface area (Å²) in [5.41, 5.74) is 0. The molecule has 1 fully saturated rings. The molecule has 5 nitrogen and oxygen atoms in total. The van der Waals surface area contributed by atoms with Gasteiger partial charge in [-0.15, -0.1) is 0 Å². The van der Waals surface area contributed by atoms with Crippen LogP contribution in [0.15, 0.2) is 11.8 Å². The largest absolute Gasteiger partial charge is 0.529 e. The number of hydrogen-bond donors (Lipinski definition) is 0. The van der Waals surface area contributed by atoms with Crippen LogP contribution in [-0.4, -0.2) is 19.0 Å². The van der Waals surface area contributed by atoms with Gasteiger partial charge in [0.25, 0.3) is 0 Å². The highest BCUT2D eigenvalue weighted by molar-refractivity contribution is 7.48. The van der Waals surface area contributed by atoms with Crippen molar-refractivity contribution in [2.75, 3.05) is 13.2 Å². The van der Waals surface area contributed by atoms with Crippen LogP contribution in [0.25, 0.3) is 0 Å². The Labute approximate surface area is 107 Å². The quantitative estimate of drug-likeness (QED) is 0.696. The third-order valence-corrected chi connectivity index (χ3v) is 4.83. The van der Waals surface area contributed by atoms with Crippen LogP contribution in [0.1, 0.15) is 33.1 Å². The van der Waals surface area contributed by atoms with Gasteiger partial charge in [-0.25, -0.2) is 4.57 Å². The van der Waals surface area contributed by atoms with E-state index in [2.05, 4.69) is 0 Å². The zero-order valence-corrected chi connectivity index (χ0v) is 11.7. The van der Waals surface area contributed by atoms with Gasteiger partial charge in [0.15, 0.2) is 0 Å². The smallest absolute Gasteiger partial charge is 0.409 e. The molecule has 0 bridgehead atoms. The summed E-state index contributed by atoms with van der Waals surface area (Å²) in [6, 6.07) is 0. The van der Waals surface area contributed by atoms with E-state index in [1.807, 2.05) is 6.08 Å². The second-order valence-corrected chi connectivity index (χ2v) is 6.18. The minimum absolute atomic E-state index is 0.240. The third-order valence-electron chi connectivity index (χ3n) is 3.23. The van der Waals surface area contributed by atoms with E-state index < -0.39 is 7.82 Å². The molecule has 0 amide bonds. The van der Waals surface area contributed by atoms with Crippen LogP contribution >= 0.6 is 7.82 Å². The number of phosphoric ester groups is 1. The first-order valence-electron chi connectivity index (χ1n) is 6.37. The number of hydrogen-bond acceptors (Lipinski definition) is 5. The highest BCUT2D eigenvalue weighted by Crippen LogP contribution is 2.54. The van der Waals surface area contributed by atoms with Gasteiger partial charge in [-0.2, -0.15) is 0 Å². The van der Waals surface area contributed by atoms with Gasteiger partial charge in [-0.3, -0.25) is 13.8 Å². The van der Waals surface area contributed by atoms with Crippen molar-refractivity contribution >= 4 is 13.6 Å². The number of rotatable bonds is 6. The van der Waals surface area contributed by atoms with E-state index in [1.54, 1.807) is 13.8 Å². The van der Waals surface area contributed by atoms with Crippen molar-refractivity contribution < 1.29 is 22.9 Å². The van der Waals surface area contributed by atoms with E-state index in [4.69, 9.17) is 13.6 Å². The molecule has 2 rings (SSSR count). The average Bonchev–Trinajstić information content (AvgIpc) is 2.74. The van der Waals surface area contributed by atoms with E-state index >= 15 is 0 Å². The van der Waals surface area contributed by atoms with Crippen molar-refractivity contribution in [3.8, 4) is 0 Å². The molecule has 1 saturated carbocycles. The minimum Gasteiger partial charge on any atom is -0.409 e. The number of carbonyl (C=O) groups is 1. The van der Waals surface area contributed by atoms with Gasteiger partial charge in [-0.05, 0) is 31.8 Å². The first kappa shape index (κ1) is 13.8. The molecule has 0 aromatic rings. The van der Waals surface area contributed by atoms with Gasteiger partial charge in [0.1, 0.15) is 11.5 Å². The molecule has 0 aromatic heterocycles. The fourth-order valence-corrected chi connectivity index (χ4v) is 3.79. The van der Waals surface area contributed by atoms with Crippen molar-refractivity contribution in [3.05, 3.63) is 11.8 Å². The Bertz CT molecular complexity index is 393. The summed E-state index contributed by atoms with van der Waals surface area (Å²) in [6.07, 6.45) is 3.73. The lowest BCUT2D eigenvalue weighted by Gasteiger charge is -2.18. The van der Waals surface area contributed by atoms with Crippen molar-refractivity contribution in [3.63, 3.8) is 0 Å². The van der Waals surface area contributed by atoms with Gasteiger partial charge < -0.3 is 4.52 Å². The van der Waals surface area contributed by atoms with E-state index in [0.29, 0.717) is 36.7 Å². The SMILES string of the molecule is CCOP(=O)(OCC)OC1=C[C@H]2CC(=O)C[C@H]2C1. The molecule has 0 unspecified atom stereocenters. The predicted molar refractivity (Wildman–Crippen MR) is 65.9 cm³/mol. The fourth-order valence-electron chi connectivity index (χ4n) is 2.56. The Morgan fingerprint density at radius 1 is 1.22 bits per heavy atom. The van der Waals surface area contributed by atoms with Crippen molar-refractivity contribution in [2.24, 2.45) is 11.8 Å². The molecule has 2 aliphatic carbocycles. The maximum atomic E-state index is 12.2. The summed E-state index contributed by atoms with van der Waals surface area (Å²) in [4.78, 5) is 11.3. The first-order valence-corrected chi connectivity index (χ1v) is 7.83. The highest BCUT2D eigenvalue weighted by atomic mass is 31.2. The lowest BCUT2D eigenvalue weighted by Crippen LogP contribution is -2.01. The molecule has 18 heavy (non-hydrogen) atoms. The van der Waals surface area contributed by atoms with Crippen molar-refractivity contribution in [1.82, 2.24) is 0 Å². The predicted octanol–water partition coefficient (Wildman–Crippen LogP) is 3.07. The van der Waals surface area contributed by atoms with Crippen LogP contribution < -0.4 is 0 Å². The first-order chi connectivity index (χ1) is 8.56. The Hall–Kier alpha value is -0.640. The van der Waals surface area contributed by atoms with Crippen LogP contribution in [0, 0.1) is 11.8 Å². The van der Waals surface area contributed by atoms with E-state index in [9.17, 15) is 9.36 Å². The summed E-state index contributed by atoms with van der Waals surface area (Å²) in [6.45, 7) is 4.03. The standard InChI is InChI=1S/C12H19O5P/c1-3-15-18(14,16-4-2)17-12-7-9-5-11(13)6-10(9)8-12/h7,9-10H,3-6,8H2,1-2H3/t9-,10+/m1/s1. The van der Waals surface area contributed by atoms with E-state index in [0.717, 1.165) is 0 Å². The zero-order chi connectivity index (χ0) is 13.2. The molecule has 0 N–H and O–H groups in total. The van der Waals surface area contributed by atoms with Crippen LogP contribution in [-0.2, 0) is 22.9 Å². The lowest BCUT2D eigenvalue weighted by atomic mass is 10.0. The number of phosphoric acid groups is 1. The molecule has 0 aliphatic heterocycles. The molecule has 6 heteroatoms. The van der Waals surface area contributed by atoms with Crippen LogP contribution in [0.2, 0.25) is 0 Å². The number of fused-ring (bicyclic) bond motifs is 1. The summed E-state index contributed by atoms with van der Waals surface area (Å²) in [5.74, 6) is 1.49. The van der Waals surface area contributed by atoms with Crippen LogP contribution in [0.3, 0.4) is 0 Å². The number of allylic oxidation sites excluding steroid dienone is 2. The lowest BCUT2D eigenvalue weighted by molar-refractivity contribution is -0.117. The fraction of sp³-hybridized carbons (Fsp3) is 0.750. The Kier molecular flexibility index (Phi) is 4.25. The Morgan fingerprint density at radius 2 is 1.89 bits per heavy atom. The Balaban J connectivity index is 1.99. The average molecular weight is 274 g/mol. The Morgan fingerprint density at radius 3 is 2.44 bits per heavy atom. The summed E-state index contributed by atoms with van der Waals surface area (Å²) in [5, 5.41) is 0. The molecule has 2 aliphatic rings. The monoisotopic (exact) mass is 274 g/mol. The highest BCUT2D eigenvalue weighted by Gasteiger charge is 2.39. The zero-order valence-electron chi connectivity index (χ0n) is 10.8. The molecule has 2 atom stereocenters. The number of carbonyl (C=O) groups excluding carboxylic acids is 1. The van der Waals surface area contributed by atoms with Gasteiger partial charge >= 0.3 is 7.82 Å². The second kappa shape index (κ2) is 5.55. The minimum atomic E-state index is -3.48. The van der Waals surface area contributed by atoms with Crippen LogP contribution in [0.4, 0.5) is 0 Å². The van der Waals surface area contributed by atoms with Gasteiger partial charge in [0, 0.05) is 19.3 Å². The molecular formula is C12H19O5P. The molecule has 0 aromatic carbocycles. The summed E-state index contributed by atoms with van der Waals surface area (Å²) < 4.78 is 27.7. The molecule has 0 heterocycles. The summed E-state index contributed by atoms with van der Waals surface area (Å²) >= 11 is 0. The van der Waals surface area contributed by atoms with Crippen LogP contribution in [0.5, 0.6) is 0 Å². The molecule has 0 radical (unpaired) electrons. The molecule has 102 valence electrons. The van der Waals surface area contributed by atoms with Gasteiger partial charge in [0.2, 0.25) is 0 Å². The maximum Gasteiger partial charge on any atom is 0.529 e. The van der Waals surface area contributed by atoms with E-state index in [1.165, 1.54) is 0 Å². The van der Waals surface area contributed by atoms with E-state index in [-0.39, 0.29) is 19.1 Å². The normalized spacial score (nSPS) is 27.2. The number of ketones is 1. The molecular weight excluding hydrogens is 255 g/mol. The maximum absolute atomic E-state index is 12.2. The number of Topliss-reactive ketones (excluding diaryl/α,β-unsaturated/α-hetero) is 1. The van der Waals surface area contributed by atoms with Gasteiger partial charge in [-0.1, -0.05) is 0 Å². The molecule has 0 spiro atoms. The third kappa shape index (κ3) is 3.02. The van der Waals surface area contributed by atoms with Crippen molar-refractivity contribution in [1.29, 1.82) is 0 Å². The van der Waals surface area contributed by atoms with Crippen molar-refractivity contribution in [2.45, 2.75) is 33.1 Å². The summed E-state index contributed by atoms with van der Waals surface area (Å²) in [7, 11) is -3.48.